The van der Waals surface area contributed by atoms with Crippen molar-refractivity contribution in [3.8, 4) is 0 Å². The largest absolute Gasteiger partial charge is 0.408 e. The molecular weight excluding hydrogens is 264 g/mol. The third kappa shape index (κ3) is 3.56. The van der Waals surface area contributed by atoms with E-state index >= 15 is 0 Å². The topological polar surface area (TPSA) is 68.2 Å². The summed E-state index contributed by atoms with van der Waals surface area (Å²) < 4.78 is 16.8. The Labute approximate surface area is 117 Å². The molecule has 114 valence electrons. The normalized spacial score (nSPS) is 36.5. The van der Waals surface area contributed by atoms with Crippen LogP contribution in [-0.4, -0.2) is 56.3 Å². The summed E-state index contributed by atoms with van der Waals surface area (Å²) in [7, 11) is -0.406. The van der Waals surface area contributed by atoms with Gasteiger partial charge in [0.1, 0.15) is 18.3 Å². The van der Waals surface area contributed by atoms with Crippen molar-refractivity contribution in [1.29, 1.82) is 0 Å². The molecule has 0 aromatic rings. The molecule has 19 heavy (non-hydrogen) atoms. The van der Waals surface area contributed by atoms with E-state index in [4.69, 9.17) is 13.9 Å². The molecule has 0 aromatic heterocycles. The van der Waals surface area contributed by atoms with Gasteiger partial charge in [0.15, 0.2) is 14.6 Å². The highest BCUT2D eigenvalue weighted by Gasteiger charge is 2.47. The van der Waals surface area contributed by atoms with Gasteiger partial charge in [0.05, 0.1) is 6.10 Å². The Morgan fingerprint density at radius 1 is 1.05 bits per heavy atom. The van der Waals surface area contributed by atoms with Crippen molar-refractivity contribution in [3.05, 3.63) is 0 Å². The fraction of sp³-hybridized carbons (Fsp3) is 1.00. The van der Waals surface area contributed by atoms with Gasteiger partial charge < -0.3 is 24.1 Å². The van der Waals surface area contributed by atoms with Gasteiger partial charge in [-0.2, -0.15) is 0 Å². The third-order valence-electron chi connectivity index (χ3n) is 4.33. The Balaban J connectivity index is 2.88. The zero-order valence-corrected chi connectivity index (χ0v) is 13.6. The SMILES string of the molecule is CC[Si](CC)(CC)O[C@H]1[C@H](O)[C@H](OC)O[C@@H](C)[C@H]1O. The molecule has 0 aliphatic carbocycles. The molecule has 0 aromatic carbocycles. The van der Waals surface area contributed by atoms with Crippen LogP contribution in [0, 0.1) is 0 Å². The molecule has 0 bridgehead atoms. The van der Waals surface area contributed by atoms with E-state index in [-0.39, 0.29) is 0 Å². The molecule has 1 aliphatic heterocycles. The van der Waals surface area contributed by atoms with Crippen molar-refractivity contribution in [1.82, 2.24) is 0 Å². The highest BCUT2D eigenvalue weighted by Crippen LogP contribution is 2.30. The van der Waals surface area contributed by atoms with E-state index in [1.54, 1.807) is 6.92 Å². The van der Waals surface area contributed by atoms with E-state index in [1.165, 1.54) is 7.11 Å². The van der Waals surface area contributed by atoms with Crippen LogP contribution >= 0.6 is 0 Å². The predicted octanol–water partition coefficient (Wildman–Crippen LogP) is 1.49. The maximum absolute atomic E-state index is 10.3. The van der Waals surface area contributed by atoms with E-state index < -0.39 is 39.0 Å². The maximum atomic E-state index is 10.3. The second-order valence-electron chi connectivity index (χ2n) is 5.25. The van der Waals surface area contributed by atoms with Gasteiger partial charge in [0.25, 0.3) is 0 Å². The molecule has 1 heterocycles. The molecule has 1 rings (SSSR count). The van der Waals surface area contributed by atoms with Gasteiger partial charge in [-0.1, -0.05) is 20.8 Å². The molecule has 1 saturated heterocycles. The van der Waals surface area contributed by atoms with Crippen LogP contribution in [0.3, 0.4) is 0 Å². The zero-order valence-electron chi connectivity index (χ0n) is 12.6. The van der Waals surface area contributed by atoms with Crippen LogP contribution in [0.25, 0.3) is 0 Å². The Bertz CT molecular complexity index is 263. The second-order valence-corrected chi connectivity index (χ2v) is 9.98. The van der Waals surface area contributed by atoms with Crippen LogP contribution < -0.4 is 0 Å². The lowest BCUT2D eigenvalue weighted by molar-refractivity contribution is -0.283. The molecule has 5 atom stereocenters. The molecule has 5 nitrogen and oxygen atoms in total. The van der Waals surface area contributed by atoms with Crippen molar-refractivity contribution in [2.45, 2.75) is 76.5 Å². The number of hydrogen-bond donors (Lipinski definition) is 2. The Hall–Kier alpha value is 0.0169. The Morgan fingerprint density at radius 3 is 2.00 bits per heavy atom. The summed E-state index contributed by atoms with van der Waals surface area (Å²) in [5.74, 6) is 0. The van der Waals surface area contributed by atoms with E-state index in [0.29, 0.717) is 0 Å². The van der Waals surface area contributed by atoms with E-state index in [2.05, 4.69) is 20.8 Å². The zero-order chi connectivity index (χ0) is 14.6. The lowest BCUT2D eigenvalue weighted by Crippen LogP contribution is -2.61. The molecule has 0 spiro atoms. The average Bonchev–Trinajstić information content (AvgIpc) is 2.44. The van der Waals surface area contributed by atoms with Crippen molar-refractivity contribution in [3.63, 3.8) is 0 Å². The molecule has 0 unspecified atom stereocenters. The second kappa shape index (κ2) is 7.15. The summed E-state index contributed by atoms with van der Waals surface area (Å²) in [5.41, 5.74) is 0. The van der Waals surface area contributed by atoms with Crippen molar-refractivity contribution < 1.29 is 24.1 Å². The van der Waals surface area contributed by atoms with Gasteiger partial charge >= 0.3 is 0 Å². The molecule has 2 N–H and O–H groups in total. The molecular formula is C13H28O5Si. The lowest BCUT2D eigenvalue weighted by Gasteiger charge is -2.44. The minimum atomic E-state index is -1.89. The van der Waals surface area contributed by atoms with Gasteiger partial charge in [-0.3, -0.25) is 0 Å². The summed E-state index contributed by atoms with van der Waals surface area (Å²) in [6, 6.07) is 2.93. The first-order valence-corrected chi connectivity index (χ1v) is 9.69. The smallest absolute Gasteiger partial charge is 0.192 e. The number of methoxy groups -OCH3 is 1. The van der Waals surface area contributed by atoms with Gasteiger partial charge in [0, 0.05) is 7.11 Å². The number of ether oxygens (including phenoxy) is 2. The fourth-order valence-electron chi connectivity index (χ4n) is 2.62. The minimum absolute atomic E-state index is 0.407. The molecule has 1 aliphatic rings. The maximum Gasteiger partial charge on any atom is 0.192 e. The van der Waals surface area contributed by atoms with E-state index in [0.717, 1.165) is 18.1 Å². The van der Waals surface area contributed by atoms with Crippen molar-refractivity contribution >= 4 is 8.32 Å². The highest BCUT2D eigenvalue weighted by atomic mass is 28.4. The van der Waals surface area contributed by atoms with Crippen LogP contribution in [0.1, 0.15) is 27.7 Å². The van der Waals surface area contributed by atoms with Gasteiger partial charge in [0.2, 0.25) is 0 Å². The Kier molecular flexibility index (Phi) is 6.42. The first kappa shape index (κ1) is 17.1. The highest BCUT2D eigenvalue weighted by molar-refractivity contribution is 6.73. The summed E-state index contributed by atoms with van der Waals surface area (Å²) in [4.78, 5) is 0. The first-order chi connectivity index (χ1) is 8.94. The van der Waals surface area contributed by atoms with E-state index in [9.17, 15) is 10.2 Å². The monoisotopic (exact) mass is 292 g/mol. The standard InChI is InChI=1S/C13H28O5Si/c1-6-19(7-2,8-3)18-12-10(14)9(4)17-13(16-5)11(12)15/h9-15H,6-8H2,1-5H3/t9-,10+,11-,12+,13+/m0/s1. The summed E-state index contributed by atoms with van der Waals surface area (Å²) >= 11 is 0. The molecule has 0 radical (unpaired) electrons. The summed E-state index contributed by atoms with van der Waals surface area (Å²) in [5, 5.41) is 20.5. The molecule has 6 heteroatoms. The van der Waals surface area contributed by atoms with Crippen molar-refractivity contribution in [2.24, 2.45) is 0 Å². The quantitative estimate of drug-likeness (QED) is 0.726. The summed E-state index contributed by atoms with van der Waals surface area (Å²) in [6.45, 7) is 8.13. The van der Waals surface area contributed by atoms with Gasteiger partial charge in [-0.05, 0) is 25.1 Å². The fourth-order valence-corrected chi connectivity index (χ4v) is 5.48. The van der Waals surface area contributed by atoms with E-state index in [1.807, 2.05) is 0 Å². The van der Waals surface area contributed by atoms with Crippen LogP contribution in [-0.2, 0) is 13.9 Å². The summed E-state index contributed by atoms with van der Waals surface area (Å²) in [6.07, 6.45) is -3.54. The number of hydrogen-bond acceptors (Lipinski definition) is 5. The molecule has 1 fully saturated rings. The van der Waals surface area contributed by atoms with Crippen LogP contribution in [0.2, 0.25) is 18.1 Å². The minimum Gasteiger partial charge on any atom is -0.408 e. The van der Waals surface area contributed by atoms with Gasteiger partial charge in [-0.25, -0.2) is 0 Å². The van der Waals surface area contributed by atoms with Gasteiger partial charge in [-0.15, -0.1) is 0 Å². The number of rotatable bonds is 6. The molecule has 0 amide bonds. The number of aliphatic hydroxyl groups is 2. The Morgan fingerprint density at radius 2 is 1.58 bits per heavy atom. The first-order valence-electron chi connectivity index (χ1n) is 7.16. The van der Waals surface area contributed by atoms with Crippen LogP contribution in [0.15, 0.2) is 0 Å². The van der Waals surface area contributed by atoms with Crippen LogP contribution in [0.4, 0.5) is 0 Å². The molecule has 0 saturated carbocycles. The van der Waals surface area contributed by atoms with Crippen LogP contribution in [0.5, 0.6) is 0 Å². The lowest BCUT2D eigenvalue weighted by atomic mass is 10.0. The average molecular weight is 292 g/mol. The van der Waals surface area contributed by atoms with Crippen molar-refractivity contribution in [2.75, 3.05) is 7.11 Å². The number of aliphatic hydroxyl groups excluding tert-OH is 2. The third-order valence-corrected chi connectivity index (χ3v) is 8.97. The predicted molar refractivity (Wildman–Crippen MR) is 75.4 cm³/mol.